The van der Waals surface area contributed by atoms with Crippen molar-refractivity contribution in [1.29, 1.82) is 0 Å². The highest BCUT2D eigenvalue weighted by Crippen LogP contribution is 2.19. The van der Waals surface area contributed by atoms with E-state index in [0.717, 1.165) is 11.1 Å². The number of rotatable bonds is 9. The minimum Gasteiger partial charge on any atom is -0.309 e. The van der Waals surface area contributed by atoms with Gasteiger partial charge in [-0.2, -0.15) is 4.31 Å². The van der Waals surface area contributed by atoms with E-state index in [4.69, 9.17) is 0 Å². The van der Waals surface area contributed by atoms with Gasteiger partial charge in [0.25, 0.3) is 5.69 Å². The van der Waals surface area contributed by atoms with Gasteiger partial charge >= 0.3 is 0 Å². The fourth-order valence-electron chi connectivity index (χ4n) is 2.80. The summed E-state index contributed by atoms with van der Waals surface area (Å²) in [6.45, 7) is 7.23. The molecule has 0 unspecified atom stereocenters. The molecule has 0 aromatic heterocycles. The summed E-state index contributed by atoms with van der Waals surface area (Å²) in [4.78, 5) is 10.9. The maximum Gasteiger partial charge on any atom is 0.272 e. The van der Waals surface area contributed by atoms with Gasteiger partial charge in [0.15, 0.2) is 0 Å². The van der Waals surface area contributed by atoms with Crippen LogP contribution in [0.25, 0.3) is 0 Å². The molecular weight excluding hydrogens is 366 g/mol. The maximum absolute atomic E-state index is 12.5. The van der Waals surface area contributed by atoms with Gasteiger partial charge < -0.3 is 5.32 Å². The molecule has 0 spiro atoms. The first-order valence-electron chi connectivity index (χ1n) is 8.83. The molecule has 7 nitrogen and oxygen atoms in total. The highest BCUT2D eigenvalue weighted by Gasteiger charge is 2.21. The van der Waals surface area contributed by atoms with E-state index in [1.54, 1.807) is 43.3 Å². The van der Waals surface area contributed by atoms with Crippen LogP contribution < -0.4 is 5.32 Å². The summed E-state index contributed by atoms with van der Waals surface area (Å²) in [6, 6.07) is 11.9. The van der Waals surface area contributed by atoms with Crippen molar-refractivity contribution in [2.24, 2.45) is 0 Å². The minimum absolute atomic E-state index is 0.111. The summed E-state index contributed by atoms with van der Waals surface area (Å²) < 4.78 is 26.4. The Morgan fingerprint density at radius 2 is 1.56 bits per heavy atom. The molecule has 0 fully saturated rings. The molecule has 0 atom stereocenters. The minimum atomic E-state index is -3.45. The first kappa shape index (κ1) is 21.0. The Morgan fingerprint density at radius 3 is 2.11 bits per heavy atom. The smallest absolute Gasteiger partial charge is 0.272 e. The van der Waals surface area contributed by atoms with Gasteiger partial charge in [-0.25, -0.2) is 8.42 Å². The predicted molar refractivity (Wildman–Crippen MR) is 105 cm³/mol. The molecule has 0 aliphatic carbocycles. The van der Waals surface area contributed by atoms with Gasteiger partial charge in [0.1, 0.15) is 0 Å². The predicted octanol–water partition coefficient (Wildman–Crippen LogP) is 3.22. The van der Waals surface area contributed by atoms with E-state index in [9.17, 15) is 18.5 Å². The standard InChI is InChI=1S/C19H25N3O4S/c1-4-21(5-2)27(25,26)18-10-8-16(9-11-18)13-20-14-17-7-6-15(3)19(12-17)22(23)24/h6-12,20H,4-5,13-14H2,1-3H3. The third kappa shape index (κ3) is 5.12. The van der Waals surface area contributed by atoms with E-state index in [1.165, 1.54) is 4.31 Å². The molecule has 2 rings (SSSR count). The Labute approximate surface area is 160 Å². The Hall–Kier alpha value is -2.29. The lowest BCUT2D eigenvalue weighted by Crippen LogP contribution is -2.30. The van der Waals surface area contributed by atoms with E-state index in [-0.39, 0.29) is 15.5 Å². The molecule has 27 heavy (non-hydrogen) atoms. The van der Waals surface area contributed by atoms with Gasteiger partial charge in [-0.05, 0) is 30.2 Å². The summed E-state index contributed by atoms with van der Waals surface area (Å²) >= 11 is 0. The number of sulfonamides is 1. The molecule has 8 heteroatoms. The van der Waals surface area contributed by atoms with Crippen LogP contribution in [0, 0.1) is 17.0 Å². The van der Waals surface area contributed by atoms with Crippen molar-refractivity contribution in [1.82, 2.24) is 9.62 Å². The summed E-state index contributed by atoms with van der Waals surface area (Å²) in [7, 11) is -3.45. The lowest BCUT2D eigenvalue weighted by molar-refractivity contribution is -0.385. The zero-order valence-electron chi connectivity index (χ0n) is 15.8. The molecule has 0 saturated carbocycles. The third-order valence-electron chi connectivity index (χ3n) is 4.40. The summed E-state index contributed by atoms with van der Waals surface area (Å²) in [5.74, 6) is 0. The average Bonchev–Trinajstić information content (AvgIpc) is 2.64. The van der Waals surface area contributed by atoms with E-state index in [2.05, 4.69) is 5.32 Å². The van der Waals surface area contributed by atoms with Gasteiger partial charge in [0.05, 0.1) is 9.82 Å². The van der Waals surface area contributed by atoms with Crippen molar-refractivity contribution in [3.05, 3.63) is 69.3 Å². The van der Waals surface area contributed by atoms with Crippen LogP contribution in [0.1, 0.15) is 30.5 Å². The van der Waals surface area contributed by atoms with Gasteiger partial charge in [-0.15, -0.1) is 0 Å². The zero-order valence-corrected chi connectivity index (χ0v) is 16.6. The summed E-state index contributed by atoms with van der Waals surface area (Å²) in [5, 5.41) is 14.2. The molecule has 0 bridgehead atoms. The number of nitro groups is 1. The molecule has 0 aliphatic rings. The quantitative estimate of drug-likeness (QED) is 0.523. The summed E-state index contributed by atoms with van der Waals surface area (Å²) in [5.41, 5.74) is 2.51. The van der Waals surface area contributed by atoms with Gasteiger partial charge in [0.2, 0.25) is 10.0 Å². The number of aryl methyl sites for hydroxylation is 1. The van der Waals surface area contributed by atoms with Crippen LogP contribution in [-0.4, -0.2) is 30.7 Å². The van der Waals surface area contributed by atoms with E-state index in [0.29, 0.717) is 31.7 Å². The molecule has 0 saturated heterocycles. The fourth-order valence-corrected chi connectivity index (χ4v) is 4.26. The second-order valence-corrected chi connectivity index (χ2v) is 8.15. The van der Waals surface area contributed by atoms with Crippen molar-refractivity contribution in [2.75, 3.05) is 13.1 Å². The van der Waals surface area contributed by atoms with Gasteiger partial charge in [0, 0.05) is 37.8 Å². The van der Waals surface area contributed by atoms with Gasteiger partial charge in [-0.3, -0.25) is 10.1 Å². The molecule has 0 aliphatic heterocycles. The lowest BCUT2D eigenvalue weighted by atomic mass is 10.1. The van der Waals surface area contributed by atoms with Crippen molar-refractivity contribution >= 4 is 15.7 Å². The van der Waals surface area contributed by atoms with E-state index < -0.39 is 10.0 Å². The normalized spacial score (nSPS) is 11.7. The molecule has 2 aromatic rings. The highest BCUT2D eigenvalue weighted by molar-refractivity contribution is 7.89. The van der Waals surface area contributed by atoms with Crippen LogP contribution in [0.3, 0.4) is 0 Å². The van der Waals surface area contributed by atoms with Crippen molar-refractivity contribution in [3.63, 3.8) is 0 Å². The number of hydrogen-bond donors (Lipinski definition) is 1. The van der Waals surface area contributed by atoms with Gasteiger partial charge in [-0.1, -0.05) is 38.1 Å². The zero-order chi connectivity index (χ0) is 20.0. The Balaban J connectivity index is 2.00. The fraction of sp³-hybridized carbons (Fsp3) is 0.368. The number of nitrogens with one attached hydrogen (secondary N) is 1. The number of nitro benzene ring substituents is 1. The molecule has 0 amide bonds. The van der Waals surface area contributed by atoms with E-state index in [1.807, 2.05) is 19.9 Å². The van der Waals surface area contributed by atoms with Crippen LogP contribution in [0.15, 0.2) is 47.4 Å². The van der Waals surface area contributed by atoms with Crippen LogP contribution in [-0.2, 0) is 23.1 Å². The Bertz CT molecular complexity index is 892. The molecule has 146 valence electrons. The first-order chi connectivity index (χ1) is 12.8. The van der Waals surface area contributed by atoms with Crippen molar-refractivity contribution < 1.29 is 13.3 Å². The summed E-state index contributed by atoms with van der Waals surface area (Å²) in [6.07, 6.45) is 0. The molecule has 2 aromatic carbocycles. The highest BCUT2D eigenvalue weighted by atomic mass is 32.2. The average molecular weight is 391 g/mol. The molecule has 0 heterocycles. The topological polar surface area (TPSA) is 92.6 Å². The molecule has 0 radical (unpaired) electrons. The third-order valence-corrected chi connectivity index (χ3v) is 6.46. The maximum atomic E-state index is 12.5. The molecule has 1 N–H and O–H groups in total. The second kappa shape index (κ2) is 9.07. The van der Waals surface area contributed by atoms with Crippen LogP contribution in [0.5, 0.6) is 0 Å². The van der Waals surface area contributed by atoms with Crippen LogP contribution in [0.4, 0.5) is 5.69 Å². The SMILES string of the molecule is CCN(CC)S(=O)(=O)c1ccc(CNCc2ccc(C)c([N+](=O)[O-])c2)cc1. The van der Waals surface area contributed by atoms with Crippen molar-refractivity contribution in [3.8, 4) is 0 Å². The van der Waals surface area contributed by atoms with Crippen LogP contribution in [0.2, 0.25) is 0 Å². The largest absolute Gasteiger partial charge is 0.309 e. The van der Waals surface area contributed by atoms with Crippen molar-refractivity contribution in [2.45, 2.75) is 38.8 Å². The van der Waals surface area contributed by atoms with E-state index >= 15 is 0 Å². The first-order valence-corrected chi connectivity index (χ1v) is 10.3. The van der Waals surface area contributed by atoms with Crippen LogP contribution >= 0.6 is 0 Å². The number of benzene rings is 2. The Morgan fingerprint density at radius 1 is 1.00 bits per heavy atom. The second-order valence-electron chi connectivity index (χ2n) is 6.21. The Kier molecular flexibility index (Phi) is 7.06. The monoisotopic (exact) mass is 391 g/mol. The number of nitrogens with zero attached hydrogens (tertiary/aromatic N) is 2. The molecular formula is C19H25N3O4S. The lowest BCUT2D eigenvalue weighted by Gasteiger charge is -2.18. The number of hydrogen-bond acceptors (Lipinski definition) is 5.